The average molecular weight is 193 g/mol. The zero-order valence-electron chi connectivity index (χ0n) is 7.86. The molecule has 0 amide bonds. The van der Waals surface area contributed by atoms with Crippen LogP contribution in [0.1, 0.15) is 5.56 Å². The van der Waals surface area contributed by atoms with E-state index in [1.165, 1.54) is 7.11 Å². The first-order valence-corrected chi connectivity index (χ1v) is 4.13. The van der Waals surface area contributed by atoms with E-state index >= 15 is 0 Å². The maximum Gasteiger partial charge on any atom is 0.124 e. The van der Waals surface area contributed by atoms with Crippen LogP contribution < -0.4 is 9.47 Å². The lowest BCUT2D eigenvalue weighted by Gasteiger charge is -2.06. The Labute approximate surface area is 82.3 Å². The third-order valence-electron chi connectivity index (χ3n) is 1.60. The van der Waals surface area contributed by atoms with Crippen molar-refractivity contribution in [1.29, 1.82) is 5.26 Å². The quantitative estimate of drug-likeness (QED) is 0.772. The fourth-order valence-corrected chi connectivity index (χ4v) is 1.00. The van der Waals surface area contributed by atoms with Crippen molar-refractivity contribution in [3.63, 3.8) is 0 Å². The van der Waals surface area contributed by atoms with Gasteiger partial charge in [-0.05, 0) is 12.1 Å². The third-order valence-corrected chi connectivity index (χ3v) is 1.60. The van der Waals surface area contributed by atoms with Crippen LogP contribution in [0.15, 0.2) is 18.2 Å². The van der Waals surface area contributed by atoms with Gasteiger partial charge in [0.2, 0.25) is 0 Å². The molecule has 1 aromatic carbocycles. The molecule has 0 radical (unpaired) electrons. The summed E-state index contributed by atoms with van der Waals surface area (Å²) in [6.45, 7) is 0.150. The maximum atomic E-state index is 8.70. The van der Waals surface area contributed by atoms with E-state index in [0.717, 1.165) is 0 Å². The standard InChI is InChI=1S/C10H11NO3/c1-13-9-4-8(7-11)5-10(6-9)14-3-2-12/h4-6,12H,2-3H2,1H3. The molecule has 0 aromatic heterocycles. The van der Waals surface area contributed by atoms with Crippen molar-refractivity contribution in [2.75, 3.05) is 20.3 Å². The highest BCUT2D eigenvalue weighted by Gasteiger charge is 2.01. The number of methoxy groups -OCH3 is 1. The van der Waals surface area contributed by atoms with Gasteiger partial charge in [0.25, 0.3) is 0 Å². The minimum absolute atomic E-state index is 0.0565. The monoisotopic (exact) mass is 193 g/mol. The molecule has 4 heteroatoms. The number of hydrogen-bond acceptors (Lipinski definition) is 4. The summed E-state index contributed by atoms with van der Waals surface area (Å²) in [6, 6.07) is 6.87. The lowest BCUT2D eigenvalue weighted by Crippen LogP contribution is -2.01. The second kappa shape index (κ2) is 5.10. The zero-order chi connectivity index (χ0) is 10.4. The van der Waals surface area contributed by atoms with Crippen molar-refractivity contribution in [3.8, 4) is 17.6 Å². The molecule has 1 rings (SSSR count). The SMILES string of the molecule is COc1cc(C#N)cc(OCCO)c1. The Morgan fingerprint density at radius 3 is 2.64 bits per heavy atom. The lowest BCUT2D eigenvalue weighted by atomic mass is 10.2. The molecular weight excluding hydrogens is 182 g/mol. The van der Waals surface area contributed by atoms with Gasteiger partial charge in [0, 0.05) is 6.07 Å². The first kappa shape index (κ1) is 10.4. The second-order valence-electron chi connectivity index (χ2n) is 2.58. The van der Waals surface area contributed by atoms with Gasteiger partial charge in [0.15, 0.2) is 0 Å². The average Bonchev–Trinajstić information content (AvgIpc) is 2.25. The minimum atomic E-state index is -0.0565. The molecular formula is C10H11NO3. The fraction of sp³-hybridized carbons (Fsp3) is 0.300. The molecule has 0 aliphatic rings. The molecule has 0 bridgehead atoms. The predicted octanol–water partition coefficient (Wildman–Crippen LogP) is 0.938. The molecule has 0 saturated carbocycles. The van der Waals surface area contributed by atoms with Crippen molar-refractivity contribution >= 4 is 0 Å². The van der Waals surface area contributed by atoms with Crippen molar-refractivity contribution in [3.05, 3.63) is 23.8 Å². The van der Waals surface area contributed by atoms with Gasteiger partial charge in [-0.2, -0.15) is 5.26 Å². The molecule has 0 heterocycles. The largest absolute Gasteiger partial charge is 0.497 e. The first-order chi connectivity index (χ1) is 6.80. The van der Waals surface area contributed by atoms with Crippen molar-refractivity contribution in [2.45, 2.75) is 0 Å². The van der Waals surface area contributed by atoms with E-state index in [0.29, 0.717) is 17.1 Å². The van der Waals surface area contributed by atoms with E-state index < -0.39 is 0 Å². The summed E-state index contributed by atoms with van der Waals surface area (Å²) < 4.78 is 10.1. The lowest BCUT2D eigenvalue weighted by molar-refractivity contribution is 0.201. The minimum Gasteiger partial charge on any atom is -0.497 e. The van der Waals surface area contributed by atoms with Crippen LogP contribution in [0.4, 0.5) is 0 Å². The van der Waals surface area contributed by atoms with Crippen LogP contribution in [-0.4, -0.2) is 25.4 Å². The number of aliphatic hydroxyl groups is 1. The van der Waals surface area contributed by atoms with Crippen molar-refractivity contribution < 1.29 is 14.6 Å². The summed E-state index contributed by atoms with van der Waals surface area (Å²) in [5.74, 6) is 1.09. The van der Waals surface area contributed by atoms with Gasteiger partial charge in [-0.15, -0.1) is 0 Å². The summed E-state index contributed by atoms with van der Waals surface area (Å²) in [7, 11) is 1.52. The van der Waals surface area contributed by atoms with Crippen LogP contribution in [0, 0.1) is 11.3 Å². The van der Waals surface area contributed by atoms with Gasteiger partial charge < -0.3 is 14.6 Å². The topological polar surface area (TPSA) is 62.5 Å². The number of aliphatic hydroxyl groups excluding tert-OH is 1. The van der Waals surface area contributed by atoms with E-state index in [1.807, 2.05) is 6.07 Å². The Hall–Kier alpha value is -1.73. The highest BCUT2D eigenvalue weighted by molar-refractivity contribution is 5.43. The molecule has 74 valence electrons. The summed E-state index contributed by atoms with van der Waals surface area (Å²) in [6.07, 6.45) is 0. The Balaban J connectivity index is 2.88. The Bertz CT molecular complexity index is 344. The number of benzene rings is 1. The molecule has 0 saturated heterocycles. The Morgan fingerprint density at radius 1 is 1.36 bits per heavy atom. The fourth-order valence-electron chi connectivity index (χ4n) is 1.00. The highest BCUT2D eigenvalue weighted by atomic mass is 16.5. The number of nitriles is 1. The molecule has 0 aliphatic heterocycles. The van der Waals surface area contributed by atoms with Gasteiger partial charge in [0.05, 0.1) is 25.3 Å². The maximum absolute atomic E-state index is 8.70. The van der Waals surface area contributed by atoms with Crippen LogP contribution in [0.3, 0.4) is 0 Å². The van der Waals surface area contributed by atoms with Gasteiger partial charge in [-0.25, -0.2) is 0 Å². The van der Waals surface area contributed by atoms with E-state index in [4.69, 9.17) is 19.8 Å². The van der Waals surface area contributed by atoms with E-state index in [9.17, 15) is 0 Å². The summed E-state index contributed by atoms with van der Waals surface area (Å²) in [5, 5.41) is 17.3. The van der Waals surface area contributed by atoms with Crippen LogP contribution in [-0.2, 0) is 0 Å². The van der Waals surface area contributed by atoms with Crippen LogP contribution in [0.5, 0.6) is 11.5 Å². The molecule has 0 spiro atoms. The second-order valence-corrected chi connectivity index (χ2v) is 2.58. The number of hydrogen-bond donors (Lipinski definition) is 1. The number of nitrogens with zero attached hydrogens (tertiary/aromatic N) is 1. The van der Waals surface area contributed by atoms with E-state index in [1.54, 1.807) is 18.2 Å². The predicted molar refractivity (Wildman–Crippen MR) is 50.3 cm³/mol. The van der Waals surface area contributed by atoms with E-state index in [2.05, 4.69) is 0 Å². The molecule has 1 aromatic rings. The van der Waals surface area contributed by atoms with Crippen LogP contribution >= 0.6 is 0 Å². The summed E-state index contributed by atoms with van der Waals surface area (Å²) in [4.78, 5) is 0. The Kier molecular flexibility index (Phi) is 3.77. The molecule has 1 N–H and O–H groups in total. The van der Waals surface area contributed by atoms with Crippen molar-refractivity contribution in [2.24, 2.45) is 0 Å². The highest BCUT2D eigenvalue weighted by Crippen LogP contribution is 2.22. The summed E-state index contributed by atoms with van der Waals surface area (Å²) >= 11 is 0. The summed E-state index contributed by atoms with van der Waals surface area (Å²) in [5.41, 5.74) is 0.470. The normalized spacial score (nSPS) is 9.21. The van der Waals surface area contributed by atoms with Gasteiger partial charge in [0.1, 0.15) is 18.1 Å². The number of rotatable bonds is 4. The smallest absolute Gasteiger partial charge is 0.124 e. The zero-order valence-corrected chi connectivity index (χ0v) is 7.86. The van der Waals surface area contributed by atoms with Gasteiger partial charge in [-0.3, -0.25) is 0 Å². The Morgan fingerprint density at radius 2 is 2.07 bits per heavy atom. The molecule has 0 atom stereocenters. The van der Waals surface area contributed by atoms with Gasteiger partial charge >= 0.3 is 0 Å². The van der Waals surface area contributed by atoms with Crippen molar-refractivity contribution in [1.82, 2.24) is 0 Å². The first-order valence-electron chi connectivity index (χ1n) is 4.13. The number of ether oxygens (including phenoxy) is 2. The molecule has 0 unspecified atom stereocenters. The molecule has 0 fully saturated rings. The third kappa shape index (κ3) is 2.64. The van der Waals surface area contributed by atoms with Crippen LogP contribution in [0.2, 0.25) is 0 Å². The molecule has 14 heavy (non-hydrogen) atoms. The molecule has 0 aliphatic carbocycles. The van der Waals surface area contributed by atoms with Crippen LogP contribution in [0.25, 0.3) is 0 Å². The van der Waals surface area contributed by atoms with E-state index in [-0.39, 0.29) is 13.2 Å². The molecule has 4 nitrogen and oxygen atoms in total. The van der Waals surface area contributed by atoms with Gasteiger partial charge in [-0.1, -0.05) is 0 Å².